The first kappa shape index (κ1) is 16.5. The van der Waals surface area contributed by atoms with Crippen molar-refractivity contribution in [2.75, 3.05) is 14.2 Å². The van der Waals surface area contributed by atoms with Crippen LogP contribution in [-0.4, -0.2) is 19.3 Å². The molecule has 3 nitrogen and oxygen atoms in total. The lowest BCUT2D eigenvalue weighted by molar-refractivity contribution is 0.178. The highest BCUT2D eigenvalue weighted by Gasteiger charge is 2.13. The maximum atomic E-state index is 10.00. The third kappa shape index (κ3) is 3.42. The Bertz CT molecular complexity index is 807. The van der Waals surface area contributed by atoms with E-state index in [1.807, 2.05) is 0 Å². The van der Waals surface area contributed by atoms with E-state index in [0.717, 1.165) is 23.1 Å². The summed E-state index contributed by atoms with van der Waals surface area (Å²) in [7, 11) is 3.34. The SMILES string of the molecule is COCc1cc(O)cc(COC)c1Cc1cccc2ccccc12. The number of hydrogen-bond donors (Lipinski definition) is 1. The van der Waals surface area contributed by atoms with E-state index in [2.05, 4.69) is 42.5 Å². The first-order chi connectivity index (χ1) is 11.7. The van der Waals surface area contributed by atoms with Gasteiger partial charge in [0.15, 0.2) is 0 Å². The number of methoxy groups -OCH3 is 2. The van der Waals surface area contributed by atoms with E-state index in [-0.39, 0.29) is 5.75 Å². The van der Waals surface area contributed by atoms with E-state index in [9.17, 15) is 5.11 Å². The van der Waals surface area contributed by atoms with Gasteiger partial charge in [0, 0.05) is 14.2 Å². The summed E-state index contributed by atoms with van der Waals surface area (Å²) in [5.74, 6) is 0.246. The summed E-state index contributed by atoms with van der Waals surface area (Å²) in [6, 6.07) is 18.3. The van der Waals surface area contributed by atoms with Gasteiger partial charge >= 0.3 is 0 Å². The van der Waals surface area contributed by atoms with Crippen molar-refractivity contribution in [3.05, 3.63) is 76.9 Å². The van der Waals surface area contributed by atoms with Crippen molar-refractivity contribution in [1.82, 2.24) is 0 Å². The molecule has 0 fully saturated rings. The zero-order chi connectivity index (χ0) is 16.9. The third-order valence-electron chi connectivity index (χ3n) is 4.27. The molecule has 124 valence electrons. The predicted molar refractivity (Wildman–Crippen MR) is 96.3 cm³/mol. The van der Waals surface area contributed by atoms with Crippen molar-refractivity contribution in [3.63, 3.8) is 0 Å². The molecule has 3 rings (SSSR count). The molecule has 0 aliphatic rings. The minimum absolute atomic E-state index is 0.246. The quantitative estimate of drug-likeness (QED) is 0.729. The van der Waals surface area contributed by atoms with E-state index in [1.165, 1.54) is 16.3 Å². The van der Waals surface area contributed by atoms with Gasteiger partial charge < -0.3 is 14.6 Å². The Kier molecular flexibility index (Phi) is 5.14. The van der Waals surface area contributed by atoms with Crippen molar-refractivity contribution >= 4 is 10.8 Å². The molecule has 0 bridgehead atoms. The van der Waals surface area contributed by atoms with Crippen LogP contribution >= 0.6 is 0 Å². The molecule has 0 saturated heterocycles. The molecule has 0 atom stereocenters. The number of rotatable bonds is 6. The van der Waals surface area contributed by atoms with Crippen LogP contribution < -0.4 is 0 Å². The maximum absolute atomic E-state index is 10.00. The Balaban J connectivity index is 2.10. The number of phenols is 1. The number of benzene rings is 3. The van der Waals surface area contributed by atoms with E-state index in [0.29, 0.717) is 13.2 Å². The summed E-state index contributed by atoms with van der Waals surface area (Å²) >= 11 is 0. The highest BCUT2D eigenvalue weighted by atomic mass is 16.5. The summed E-state index contributed by atoms with van der Waals surface area (Å²) < 4.78 is 10.7. The molecule has 1 N–H and O–H groups in total. The van der Waals surface area contributed by atoms with Gasteiger partial charge in [0.05, 0.1) is 13.2 Å². The molecular weight excluding hydrogens is 300 g/mol. The fourth-order valence-electron chi connectivity index (χ4n) is 3.21. The normalized spacial score (nSPS) is 11.1. The second-order valence-electron chi connectivity index (χ2n) is 5.92. The van der Waals surface area contributed by atoms with E-state index < -0.39 is 0 Å². The number of hydrogen-bond acceptors (Lipinski definition) is 3. The highest BCUT2D eigenvalue weighted by Crippen LogP contribution is 2.28. The Hall–Kier alpha value is -2.36. The van der Waals surface area contributed by atoms with Gasteiger partial charge in [-0.3, -0.25) is 0 Å². The van der Waals surface area contributed by atoms with Crippen LogP contribution in [0.3, 0.4) is 0 Å². The Labute approximate surface area is 142 Å². The van der Waals surface area contributed by atoms with Crippen LogP contribution in [0.25, 0.3) is 10.8 Å². The van der Waals surface area contributed by atoms with Gasteiger partial charge in [0.1, 0.15) is 5.75 Å². The zero-order valence-corrected chi connectivity index (χ0v) is 14.1. The van der Waals surface area contributed by atoms with Crippen molar-refractivity contribution in [2.45, 2.75) is 19.6 Å². The second-order valence-corrected chi connectivity index (χ2v) is 5.92. The van der Waals surface area contributed by atoms with Crippen LogP contribution in [0, 0.1) is 0 Å². The van der Waals surface area contributed by atoms with Gasteiger partial charge in [-0.25, -0.2) is 0 Å². The Morgan fingerprint density at radius 2 is 1.42 bits per heavy atom. The van der Waals surface area contributed by atoms with Crippen LogP contribution in [0.5, 0.6) is 5.75 Å². The maximum Gasteiger partial charge on any atom is 0.116 e. The van der Waals surface area contributed by atoms with Gasteiger partial charge in [0.2, 0.25) is 0 Å². The fourth-order valence-corrected chi connectivity index (χ4v) is 3.21. The van der Waals surface area contributed by atoms with Crippen LogP contribution in [0.1, 0.15) is 22.3 Å². The number of phenolic OH excluding ortho intramolecular Hbond substituents is 1. The van der Waals surface area contributed by atoms with Crippen molar-refractivity contribution < 1.29 is 14.6 Å². The molecule has 0 spiro atoms. The molecule has 0 amide bonds. The first-order valence-electron chi connectivity index (χ1n) is 8.01. The summed E-state index contributed by atoms with van der Waals surface area (Å²) in [6.45, 7) is 0.927. The molecule has 0 aromatic heterocycles. The van der Waals surface area contributed by atoms with Gasteiger partial charge in [-0.2, -0.15) is 0 Å². The molecule has 24 heavy (non-hydrogen) atoms. The summed E-state index contributed by atoms with van der Waals surface area (Å²) in [5.41, 5.74) is 4.41. The van der Waals surface area contributed by atoms with Crippen LogP contribution in [0.2, 0.25) is 0 Å². The highest BCUT2D eigenvalue weighted by molar-refractivity contribution is 5.86. The summed E-state index contributed by atoms with van der Waals surface area (Å²) in [5, 5.41) is 12.5. The smallest absolute Gasteiger partial charge is 0.116 e. The summed E-state index contributed by atoms with van der Waals surface area (Å²) in [6.07, 6.45) is 0.777. The molecule has 3 heteroatoms. The predicted octanol–water partition coefficient (Wildman–Crippen LogP) is 4.43. The molecule has 3 aromatic carbocycles. The average molecular weight is 322 g/mol. The molecular formula is C21H22O3. The molecule has 0 aliphatic carbocycles. The Morgan fingerprint density at radius 3 is 2.08 bits per heavy atom. The van der Waals surface area contributed by atoms with Gasteiger partial charge in [-0.15, -0.1) is 0 Å². The van der Waals surface area contributed by atoms with Gasteiger partial charge in [0.25, 0.3) is 0 Å². The molecule has 0 aliphatic heterocycles. The largest absolute Gasteiger partial charge is 0.508 e. The minimum Gasteiger partial charge on any atom is -0.508 e. The van der Waals surface area contributed by atoms with Gasteiger partial charge in [-0.05, 0) is 51.6 Å². The second kappa shape index (κ2) is 7.47. The number of ether oxygens (including phenoxy) is 2. The molecule has 0 heterocycles. The lowest BCUT2D eigenvalue weighted by Gasteiger charge is -2.16. The lowest BCUT2D eigenvalue weighted by Crippen LogP contribution is -2.04. The molecule has 0 radical (unpaired) electrons. The summed E-state index contributed by atoms with van der Waals surface area (Å²) in [4.78, 5) is 0. The monoisotopic (exact) mass is 322 g/mol. The van der Waals surface area contributed by atoms with Crippen molar-refractivity contribution in [1.29, 1.82) is 0 Å². The van der Waals surface area contributed by atoms with Crippen LogP contribution in [0.15, 0.2) is 54.6 Å². The van der Waals surface area contributed by atoms with E-state index >= 15 is 0 Å². The number of aromatic hydroxyl groups is 1. The van der Waals surface area contributed by atoms with E-state index in [4.69, 9.17) is 9.47 Å². The molecule has 0 unspecified atom stereocenters. The molecule has 0 saturated carbocycles. The molecule has 3 aromatic rings. The number of fused-ring (bicyclic) bond motifs is 1. The Morgan fingerprint density at radius 1 is 0.792 bits per heavy atom. The zero-order valence-electron chi connectivity index (χ0n) is 14.1. The lowest BCUT2D eigenvalue weighted by atomic mass is 9.92. The van der Waals surface area contributed by atoms with E-state index in [1.54, 1.807) is 26.4 Å². The van der Waals surface area contributed by atoms with Crippen molar-refractivity contribution in [3.8, 4) is 5.75 Å². The van der Waals surface area contributed by atoms with Gasteiger partial charge in [-0.1, -0.05) is 42.5 Å². The third-order valence-corrected chi connectivity index (χ3v) is 4.27. The minimum atomic E-state index is 0.246. The average Bonchev–Trinajstić information content (AvgIpc) is 2.58. The standard InChI is InChI=1S/C21H22O3/c1-23-13-17-10-19(22)11-18(14-24-2)21(17)12-16-8-5-7-15-6-3-4-9-20(15)16/h3-11,22H,12-14H2,1-2H3. The first-order valence-corrected chi connectivity index (χ1v) is 8.01. The van der Waals surface area contributed by atoms with Crippen molar-refractivity contribution in [2.24, 2.45) is 0 Å². The fraction of sp³-hybridized carbons (Fsp3) is 0.238. The van der Waals surface area contributed by atoms with Crippen LogP contribution in [-0.2, 0) is 29.1 Å². The topological polar surface area (TPSA) is 38.7 Å². The van der Waals surface area contributed by atoms with Crippen LogP contribution in [0.4, 0.5) is 0 Å².